The van der Waals surface area contributed by atoms with E-state index in [1.807, 2.05) is 0 Å². The number of rotatable bonds is 8. The number of non-ortho nitro benzene ring substituents is 1. The molecule has 0 aliphatic carbocycles. The highest BCUT2D eigenvalue weighted by Gasteiger charge is 2.28. The van der Waals surface area contributed by atoms with Crippen molar-refractivity contribution in [3.8, 4) is 11.5 Å². The summed E-state index contributed by atoms with van der Waals surface area (Å²) in [5, 5.41) is 15.6. The fourth-order valence-corrected chi connectivity index (χ4v) is 4.09. The van der Waals surface area contributed by atoms with Gasteiger partial charge in [0, 0.05) is 12.1 Å². The second kappa shape index (κ2) is 11.2. The minimum Gasteiger partial charge on any atom is -0.495 e. The molecule has 3 aromatic rings. The predicted molar refractivity (Wildman–Crippen MR) is 129 cm³/mol. The minimum absolute atomic E-state index is 0. The molecule has 4 N–H and O–H groups in total. The van der Waals surface area contributed by atoms with Gasteiger partial charge in [0.1, 0.15) is 16.4 Å². The van der Waals surface area contributed by atoms with Crippen molar-refractivity contribution < 1.29 is 31.9 Å². The van der Waals surface area contributed by atoms with E-state index in [1.165, 1.54) is 25.3 Å². The molecule has 0 aliphatic rings. The molecule has 0 aliphatic heterocycles. The zero-order valence-corrected chi connectivity index (χ0v) is 19.6. The molecule has 0 fully saturated rings. The molecule has 0 saturated heterocycles. The van der Waals surface area contributed by atoms with Crippen LogP contribution in [0.3, 0.4) is 0 Å². The quantitative estimate of drug-likeness (QED) is 0.228. The number of nitro groups is 1. The number of carbonyl (C=O) groups excluding carboxylic acids is 2. The van der Waals surface area contributed by atoms with Gasteiger partial charge in [0.2, 0.25) is 0 Å². The summed E-state index contributed by atoms with van der Waals surface area (Å²) in [4.78, 5) is 34.2. The lowest BCUT2D eigenvalue weighted by Crippen LogP contribution is -2.25. The number of carbonyl (C=O) groups is 2. The Morgan fingerprint density at radius 2 is 1.57 bits per heavy atom. The summed E-state index contributed by atoms with van der Waals surface area (Å²) in [6.07, 6.45) is 0. The molecule has 0 atom stereocenters. The normalized spacial score (nSPS) is 10.4. The zero-order valence-electron chi connectivity index (χ0n) is 18.0. The van der Waals surface area contributed by atoms with Crippen LogP contribution in [0, 0.1) is 10.1 Å². The fourth-order valence-electron chi connectivity index (χ4n) is 2.94. The summed E-state index contributed by atoms with van der Waals surface area (Å²) in [5.74, 6) is -0.822. The number of nitrogens with one attached hydrogen (secondary N) is 2. The summed E-state index contributed by atoms with van der Waals surface area (Å²) in [7, 11) is -3.25. The SMILES string of the molecule is COc1ccccc1NC(=O)c1c(NC(N)=O)cccc1S(=O)(=O)Oc1ccc([N+](=O)[O-])cc1.Cl. The van der Waals surface area contributed by atoms with Gasteiger partial charge in [-0.15, -0.1) is 12.4 Å². The van der Waals surface area contributed by atoms with Crippen LogP contribution in [0.15, 0.2) is 71.6 Å². The Morgan fingerprint density at radius 3 is 2.17 bits per heavy atom. The van der Waals surface area contributed by atoms with Crippen molar-refractivity contribution >= 4 is 51.5 Å². The van der Waals surface area contributed by atoms with E-state index in [9.17, 15) is 28.1 Å². The molecule has 0 spiro atoms. The molecule has 0 radical (unpaired) electrons. The van der Waals surface area contributed by atoms with E-state index in [-0.39, 0.29) is 35.2 Å². The Kier molecular flexibility index (Phi) is 8.59. The first kappa shape index (κ1) is 26.9. The second-order valence-electron chi connectivity index (χ2n) is 6.61. The molecule has 0 heterocycles. The monoisotopic (exact) mass is 522 g/mol. The Balaban J connectivity index is 0.00000432. The van der Waals surface area contributed by atoms with Crippen LogP contribution in [0.1, 0.15) is 10.4 Å². The number of para-hydroxylation sites is 2. The number of halogens is 1. The molecule has 3 rings (SSSR count). The highest BCUT2D eigenvalue weighted by molar-refractivity contribution is 7.87. The number of nitrogens with zero attached hydrogens (tertiary/aromatic N) is 1. The highest BCUT2D eigenvalue weighted by Crippen LogP contribution is 2.30. The van der Waals surface area contributed by atoms with Gasteiger partial charge in [-0.2, -0.15) is 8.42 Å². The van der Waals surface area contributed by atoms with E-state index < -0.39 is 37.4 Å². The third-order valence-electron chi connectivity index (χ3n) is 4.39. The van der Waals surface area contributed by atoms with Gasteiger partial charge >= 0.3 is 16.1 Å². The number of nitro benzene ring substituents is 1. The first-order chi connectivity index (χ1) is 16.1. The van der Waals surface area contributed by atoms with E-state index in [1.54, 1.807) is 18.2 Å². The summed E-state index contributed by atoms with van der Waals surface area (Å²) >= 11 is 0. The van der Waals surface area contributed by atoms with Crippen LogP contribution in [0.4, 0.5) is 21.9 Å². The second-order valence-corrected chi connectivity index (χ2v) is 8.13. The average Bonchev–Trinajstić information content (AvgIpc) is 2.79. The molecule has 14 heteroatoms. The summed E-state index contributed by atoms with van der Waals surface area (Å²) in [6, 6.07) is 13.3. The molecule has 12 nitrogen and oxygen atoms in total. The maximum atomic E-state index is 13.2. The Morgan fingerprint density at radius 1 is 0.943 bits per heavy atom. The van der Waals surface area contributed by atoms with E-state index in [0.717, 1.165) is 30.3 Å². The molecule has 3 amide bonds. The van der Waals surface area contributed by atoms with Crippen LogP contribution in [0.25, 0.3) is 0 Å². The lowest BCUT2D eigenvalue weighted by atomic mass is 10.1. The van der Waals surface area contributed by atoms with E-state index in [0.29, 0.717) is 5.75 Å². The first-order valence-corrected chi connectivity index (χ1v) is 10.9. The van der Waals surface area contributed by atoms with Gasteiger partial charge in [0.15, 0.2) is 0 Å². The molecular formula is C21H19ClN4O8S. The molecule has 35 heavy (non-hydrogen) atoms. The summed E-state index contributed by atoms with van der Waals surface area (Å²) in [5.41, 5.74) is 4.51. The molecule has 0 aromatic heterocycles. The number of hydrogen-bond donors (Lipinski definition) is 3. The van der Waals surface area contributed by atoms with Crippen molar-refractivity contribution in [2.75, 3.05) is 17.7 Å². The van der Waals surface area contributed by atoms with E-state index in [4.69, 9.17) is 14.7 Å². The van der Waals surface area contributed by atoms with Crippen LogP contribution < -0.4 is 25.3 Å². The maximum absolute atomic E-state index is 13.2. The number of primary amides is 1. The Labute approximate surface area is 205 Å². The lowest BCUT2D eigenvalue weighted by molar-refractivity contribution is -0.384. The summed E-state index contributed by atoms with van der Waals surface area (Å²) < 4.78 is 36.4. The minimum atomic E-state index is -4.64. The highest BCUT2D eigenvalue weighted by atomic mass is 35.5. The molecular weight excluding hydrogens is 504 g/mol. The Bertz CT molecular complexity index is 1360. The molecule has 3 aromatic carbocycles. The van der Waals surface area contributed by atoms with Crippen molar-refractivity contribution in [3.63, 3.8) is 0 Å². The number of benzene rings is 3. The van der Waals surface area contributed by atoms with Gasteiger partial charge in [-0.05, 0) is 36.4 Å². The number of nitrogens with two attached hydrogens (primary N) is 1. The fraction of sp³-hybridized carbons (Fsp3) is 0.0476. The van der Waals surface area contributed by atoms with Gasteiger partial charge in [-0.25, -0.2) is 4.79 Å². The molecule has 0 saturated carbocycles. The van der Waals surface area contributed by atoms with Crippen molar-refractivity contribution in [3.05, 3.63) is 82.4 Å². The first-order valence-electron chi connectivity index (χ1n) is 9.45. The maximum Gasteiger partial charge on any atom is 0.340 e. The number of amides is 3. The molecule has 0 bridgehead atoms. The third kappa shape index (κ3) is 6.37. The number of urea groups is 1. The van der Waals surface area contributed by atoms with Gasteiger partial charge in [-0.3, -0.25) is 14.9 Å². The van der Waals surface area contributed by atoms with Crippen LogP contribution in [0.2, 0.25) is 0 Å². The van der Waals surface area contributed by atoms with Crippen LogP contribution in [-0.2, 0) is 10.1 Å². The smallest absolute Gasteiger partial charge is 0.340 e. The Hall–Kier alpha value is -4.36. The molecule has 0 unspecified atom stereocenters. The van der Waals surface area contributed by atoms with Gasteiger partial charge in [-0.1, -0.05) is 18.2 Å². The van der Waals surface area contributed by atoms with Crippen molar-refractivity contribution in [1.82, 2.24) is 0 Å². The number of ether oxygens (including phenoxy) is 1. The standard InChI is InChI=1S/C21H18N4O8S.ClH/c1-32-17-7-3-2-5-15(17)23-20(26)19-16(24-21(22)27)6-4-8-18(19)34(30,31)33-14-11-9-13(10-12-14)25(28)29;/h2-12H,1H3,(H,23,26)(H3,22,24,27);1H. The van der Waals surface area contributed by atoms with Gasteiger partial charge in [0.25, 0.3) is 11.6 Å². The lowest BCUT2D eigenvalue weighted by Gasteiger charge is -2.16. The number of methoxy groups -OCH3 is 1. The van der Waals surface area contributed by atoms with E-state index in [2.05, 4.69) is 10.6 Å². The van der Waals surface area contributed by atoms with Crippen molar-refractivity contribution in [2.24, 2.45) is 5.73 Å². The van der Waals surface area contributed by atoms with Gasteiger partial charge in [0.05, 0.1) is 29.0 Å². The largest absolute Gasteiger partial charge is 0.495 e. The van der Waals surface area contributed by atoms with Crippen molar-refractivity contribution in [2.45, 2.75) is 4.90 Å². The van der Waals surface area contributed by atoms with Gasteiger partial charge < -0.3 is 25.3 Å². The number of hydrogen-bond acceptors (Lipinski definition) is 8. The topological polar surface area (TPSA) is 180 Å². The number of anilines is 2. The molecule has 184 valence electrons. The predicted octanol–water partition coefficient (Wildman–Crippen LogP) is 3.54. The van der Waals surface area contributed by atoms with Crippen LogP contribution >= 0.6 is 12.4 Å². The van der Waals surface area contributed by atoms with Crippen LogP contribution in [-0.4, -0.2) is 32.4 Å². The van der Waals surface area contributed by atoms with Crippen LogP contribution in [0.5, 0.6) is 11.5 Å². The third-order valence-corrected chi connectivity index (χ3v) is 5.68. The van der Waals surface area contributed by atoms with E-state index >= 15 is 0 Å². The van der Waals surface area contributed by atoms with Crippen molar-refractivity contribution in [1.29, 1.82) is 0 Å². The average molecular weight is 523 g/mol. The summed E-state index contributed by atoms with van der Waals surface area (Å²) in [6.45, 7) is 0. The zero-order chi connectivity index (χ0) is 24.9.